The molecule has 1 saturated heterocycles. The number of hydrogen-bond acceptors (Lipinski definition) is 2. The van der Waals surface area contributed by atoms with Crippen LogP contribution in [0.4, 0.5) is 8.78 Å². The van der Waals surface area contributed by atoms with E-state index in [2.05, 4.69) is 5.32 Å². The summed E-state index contributed by atoms with van der Waals surface area (Å²) in [7, 11) is 0. The van der Waals surface area contributed by atoms with Crippen LogP contribution in [0.5, 0.6) is 0 Å². The summed E-state index contributed by atoms with van der Waals surface area (Å²) in [6, 6.07) is 6.65. The van der Waals surface area contributed by atoms with Gasteiger partial charge in [-0.1, -0.05) is 29.8 Å². The van der Waals surface area contributed by atoms with Crippen molar-refractivity contribution in [3.05, 3.63) is 35.4 Å². The second kappa shape index (κ2) is 8.69. The normalized spacial score (nSPS) is 17.5. The number of halogens is 4. The van der Waals surface area contributed by atoms with Crippen molar-refractivity contribution in [3.63, 3.8) is 0 Å². The molecule has 1 heterocycles. The molecule has 0 aliphatic carbocycles. The van der Waals surface area contributed by atoms with Crippen molar-refractivity contribution in [2.75, 3.05) is 26.2 Å². The lowest BCUT2D eigenvalue weighted by atomic mass is 10.0. The van der Waals surface area contributed by atoms with Crippen LogP contribution in [0.3, 0.4) is 0 Å². The summed E-state index contributed by atoms with van der Waals surface area (Å²) in [4.78, 5) is 1.87. The Labute approximate surface area is 125 Å². The highest BCUT2D eigenvalue weighted by Gasteiger charge is 2.29. The molecule has 0 unspecified atom stereocenters. The van der Waals surface area contributed by atoms with E-state index in [1.807, 2.05) is 36.1 Å². The number of nitrogens with one attached hydrogen (secondary N) is 1. The maximum atomic E-state index is 13.2. The van der Waals surface area contributed by atoms with Crippen molar-refractivity contribution in [2.45, 2.75) is 19.4 Å². The lowest BCUT2D eigenvalue weighted by molar-refractivity contribution is 0.0182. The molecule has 2 nitrogen and oxygen atoms in total. The van der Waals surface area contributed by atoms with Gasteiger partial charge in [0.25, 0.3) is 6.43 Å². The van der Waals surface area contributed by atoms with Crippen LogP contribution in [0.15, 0.2) is 24.3 Å². The van der Waals surface area contributed by atoms with Crippen LogP contribution in [-0.4, -0.2) is 37.5 Å². The van der Waals surface area contributed by atoms with E-state index in [4.69, 9.17) is 0 Å². The van der Waals surface area contributed by atoms with Gasteiger partial charge in [0.2, 0.25) is 0 Å². The number of aryl methyl sites for hydroxylation is 1. The molecule has 6 heteroatoms. The van der Waals surface area contributed by atoms with Gasteiger partial charge in [0.05, 0.1) is 6.04 Å². The Kier molecular flexibility index (Phi) is 8.50. The van der Waals surface area contributed by atoms with Gasteiger partial charge in [0, 0.05) is 26.2 Å². The van der Waals surface area contributed by atoms with Crippen LogP contribution in [-0.2, 0) is 0 Å². The van der Waals surface area contributed by atoms with E-state index in [-0.39, 0.29) is 24.8 Å². The first-order valence-electron chi connectivity index (χ1n) is 5.98. The third kappa shape index (κ3) is 4.88. The Balaban J connectivity index is 0.00000162. The van der Waals surface area contributed by atoms with Crippen molar-refractivity contribution in [3.8, 4) is 0 Å². The summed E-state index contributed by atoms with van der Waals surface area (Å²) in [5.74, 6) is 0. The van der Waals surface area contributed by atoms with Gasteiger partial charge >= 0.3 is 0 Å². The number of rotatable bonds is 3. The van der Waals surface area contributed by atoms with Crippen LogP contribution in [0.2, 0.25) is 0 Å². The predicted molar refractivity (Wildman–Crippen MR) is 78.9 cm³/mol. The van der Waals surface area contributed by atoms with E-state index in [0.717, 1.165) is 18.7 Å². The van der Waals surface area contributed by atoms with Crippen LogP contribution in [0.25, 0.3) is 0 Å². The minimum Gasteiger partial charge on any atom is -0.314 e. The number of benzene rings is 1. The van der Waals surface area contributed by atoms with Gasteiger partial charge in [0.1, 0.15) is 0 Å². The van der Waals surface area contributed by atoms with Gasteiger partial charge in [0.15, 0.2) is 0 Å². The number of alkyl halides is 2. The molecule has 1 fully saturated rings. The zero-order valence-electron chi connectivity index (χ0n) is 10.8. The highest BCUT2D eigenvalue weighted by Crippen LogP contribution is 2.27. The quantitative estimate of drug-likeness (QED) is 0.923. The zero-order chi connectivity index (χ0) is 12.3. The molecular formula is C13H20Cl2F2N2. The molecule has 110 valence electrons. The maximum Gasteiger partial charge on any atom is 0.258 e. The van der Waals surface area contributed by atoms with Gasteiger partial charge in [-0.15, -0.1) is 24.8 Å². The van der Waals surface area contributed by atoms with E-state index in [1.165, 1.54) is 0 Å². The van der Waals surface area contributed by atoms with Crippen LogP contribution < -0.4 is 5.32 Å². The van der Waals surface area contributed by atoms with Gasteiger partial charge < -0.3 is 5.32 Å². The van der Waals surface area contributed by atoms with E-state index in [9.17, 15) is 8.78 Å². The average Bonchev–Trinajstić information content (AvgIpc) is 2.33. The molecule has 0 bridgehead atoms. The Bertz CT molecular complexity index is 354. The fourth-order valence-corrected chi connectivity index (χ4v) is 2.24. The van der Waals surface area contributed by atoms with Crippen LogP contribution in [0, 0.1) is 6.92 Å². The SMILES string of the molecule is Cc1ccc([C@H](C(F)F)N2CCNCC2)cc1.Cl.Cl. The van der Waals surface area contributed by atoms with Crippen molar-refractivity contribution in [2.24, 2.45) is 0 Å². The number of piperazine rings is 1. The molecule has 1 aromatic carbocycles. The Morgan fingerprint density at radius 3 is 2.05 bits per heavy atom. The topological polar surface area (TPSA) is 15.3 Å². The first kappa shape index (κ1) is 18.6. The van der Waals surface area contributed by atoms with Crippen molar-refractivity contribution >= 4 is 24.8 Å². The summed E-state index contributed by atoms with van der Waals surface area (Å²) in [6.45, 7) is 4.90. The molecule has 1 aliphatic heterocycles. The first-order valence-corrected chi connectivity index (χ1v) is 5.98. The summed E-state index contributed by atoms with van der Waals surface area (Å²) >= 11 is 0. The molecule has 0 radical (unpaired) electrons. The maximum absolute atomic E-state index is 13.2. The Morgan fingerprint density at radius 1 is 1.05 bits per heavy atom. The standard InChI is InChI=1S/C13H18F2N2.2ClH/c1-10-2-4-11(5-3-10)12(13(14)15)17-8-6-16-7-9-17;;/h2-5,12-13,16H,6-9H2,1H3;2*1H/t12-;;/m1../s1. The number of nitrogens with zero attached hydrogens (tertiary/aromatic N) is 1. The lowest BCUT2D eigenvalue weighted by Crippen LogP contribution is -2.46. The summed E-state index contributed by atoms with van der Waals surface area (Å²) in [6.07, 6.45) is -2.34. The third-order valence-corrected chi connectivity index (χ3v) is 3.20. The molecule has 1 aliphatic rings. The summed E-state index contributed by atoms with van der Waals surface area (Å²) < 4.78 is 26.4. The minimum absolute atomic E-state index is 0. The summed E-state index contributed by atoms with van der Waals surface area (Å²) in [5, 5.41) is 3.18. The second-order valence-corrected chi connectivity index (χ2v) is 4.48. The van der Waals surface area contributed by atoms with E-state index in [1.54, 1.807) is 0 Å². The molecular weight excluding hydrogens is 293 g/mol. The van der Waals surface area contributed by atoms with Crippen LogP contribution in [0.1, 0.15) is 17.2 Å². The van der Waals surface area contributed by atoms with Crippen molar-refractivity contribution < 1.29 is 8.78 Å². The summed E-state index contributed by atoms with van der Waals surface area (Å²) in [5.41, 5.74) is 1.81. The van der Waals surface area contributed by atoms with Gasteiger partial charge in [-0.05, 0) is 12.5 Å². The fraction of sp³-hybridized carbons (Fsp3) is 0.538. The predicted octanol–water partition coefficient (Wildman–Crippen LogP) is 3.05. The smallest absolute Gasteiger partial charge is 0.258 e. The van der Waals surface area contributed by atoms with E-state index >= 15 is 0 Å². The van der Waals surface area contributed by atoms with Crippen molar-refractivity contribution in [1.82, 2.24) is 10.2 Å². The molecule has 0 saturated carbocycles. The van der Waals surface area contributed by atoms with Gasteiger partial charge in [-0.2, -0.15) is 0 Å². The molecule has 0 spiro atoms. The van der Waals surface area contributed by atoms with Gasteiger partial charge in [-0.25, -0.2) is 8.78 Å². The third-order valence-electron chi connectivity index (χ3n) is 3.20. The monoisotopic (exact) mass is 312 g/mol. The molecule has 1 aromatic rings. The molecule has 1 N–H and O–H groups in total. The number of hydrogen-bond donors (Lipinski definition) is 1. The van der Waals surface area contributed by atoms with Crippen molar-refractivity contribution in [1.29, 1.82) is 0 Å². The molecule has 19 heavy (non-hydrogen) atoms. The van der Waals surface area contributed by atoms with E-state index < -0.39 is 12.5 Å². The highest BCUT2D eigenvalue weighted by molar-refractivity contribution is 5.85. The molecule has 0 amide bonds. The molecule has 2 rings (SSSR count). The fourth-order valence-electron chi connectivity index (χ4n) is 2.24. The molecule has 0 aromatic heterocycles. The zero-order valence-corrected chi connectivity index (χ0v) is 12.4. The Morgan fingerprint density at radius 2 is 1.58 bits per heavy atom. The van der Waals surface area contributed by atoms with E-state index in [0.29, 0.717) is 18.7 Å². The lowest BCUT2D eigenvalue weighted by Gasteiger charge is -2.34. The average molecular weight is 313 g/mol. The van der Waals surface area contributed by atoms with Gasteiger partial charge in [-0.3, -0.25) is 4.90 Å². The highest BCUT2D eigenvalue weighted by atomic mass is 35.5. The minimum atomic E-state index is -2.34. The second-order valence-electron chi connectivity index (χ2n) is 4.48. The first-order chi connectivity index (χ1) is 8.18. The van der Waals surface area contributed by atoms with Crippen LogP contribution >= 0.6 is 24.8 Å². The largest absolute Gasteiger partial charge is 0.314 e. The Hall–Kier alpha value is -0.420. The molecule has 1 atom stereocenters.